The van der Waals surface area contributed by atoms with Gasteiger partial charge in [-0.3, -0.25) is 49.8 Å². The number of hydrogen-bond donors (Lipinski definition) is 0. The highest BCUT2D eigenvalue weighted by atomic mass is 14.7. The van der Waals surface area contributed by atoms with Crippen LogP contribution in [0, 0.1) is 48.5 Å². The predicted octanol–water partition coefficient (Wildman–Crippen LogP) is 38.4. The average molecular weight is 1780 g/mol. The van der Waals surface area contributed by atoms with Gasteiger partial charge in [0.15, 0.2) is 0 Å². The lowest BCUT2D eigenvalue weighted by molar-refractivity contribution is 1.26. The third-order valence-corrected chi connectivity index (χ3v) is 19.0. The summed E-state index contributed by atoms with van der Waals surface area (Å²) in [5.41, 5.74) is 19.1. The highest BCUT2D eigenvalue weighted by Gasteiger charge is 2.09. The molecule has 0 radical (unpaired) electrons. The first kappa shape index (κ1) is 118. The molecule has 21 rings (SSSR count). The highest BCUT2D eigenvalue weighted by Crippen LogP contribution is 2.31. The zero-order valence-electron chi connectivity index (χ0n) is 87.6. The van der Waals surface area contributed by atoms with E-state index in [1.807, 2.05) is 311 Å². The fourth-order valence-corrected chi connectivity index (χ4v) is 13.6. The molecule has 0 saturated heterocycles. The standard InChI is InChI=1S/4C14H11N.3C13H10N2.14C2H6/c1-10-9-11-5-2-3-6-13(11)14-12(10)7-4-8-15-14;1-10-8-12-7-6-11-4-2-3-5-13(11)14(12)15-9-10;1-10-8-9-15-14-12(10)7-6-11-4-2-3-5-13(11)14;1-10-6-7-12-9-8-11-4-2-3-5-13(11)14(12)15-10;1-9-4-2-6-11-12(9)15-8-10-5-3-7-14-13(10)11;1-9-4-5-12-11(7-9)13-10(8-15-12)3-2-6-14-13;1-9-4-5-11-12(7-9)15-8-10-3-2-6-14-13(10)11;14*1-2/h4*2-9H,1H3;3*2-8H,1H3;14*1-2H3. The van der Waals surface area contributed by atoms with Crippen LogP contribution in [0.4, 0.5) is 0 Å². The number of para-hydroxylation sites is 1. The van der Waals surface area contributed by atoms with E-state index in [1.54, 1.807) is 0 Å². The Labute approximate surface area is 800 Å². The Morgan fingerprint density at radius 3 is 1.03 bits per heavy atom. The fourth-order valence-electron chi connectivity index (χ4n) is 13.6. The van der Waals surface area contributed by atoms with Gasteiger partial charge in [0, 0.05) is 137 Å². The normalized spacial score (nSPS) is 9.32. The maximum atomic E-state index is 4.60. The molecular formula is C123H158N10. The van der Waals surface area contributed by atoms with Crippen LogP contribution in [0.1, 0.15) is 233 Å². The topological polar surface area (TPSA) is 129 Å². The van der Waals surface area contributed by atoms with E-state index in [1.165, 1.54) is 98.0 Å². The summed E-state index contributed by atoms with van der Waals surface area (Å²) in [6.45, 7) is 70.6. The number of aromatic nitrogens is 10. The van der Waals surface area contributed by atoms with Gasteiger partial charge in [-0.25, -0.2) is 0 Å². The third kappa shape index (κ3) is 33.1. The minimum absolute atomic E-state index is 1.01. The summed E-state index contributed by atoms with van der Waals surface area (Å²) in [6, 6.07) is 91.8. The van der Waals surface area contributed by atoms with Gasteiger partial charge in [-0.15, -0.1) is 0 Å². The van der Waals surface area contributed by atoms with Crippen LogP contribution in [-0.2, 0) is 0 Å². The summed E-state index contributed by atoms with van der Waals surface area (Å²) in [6.07, 6.45) is 16.8. The first-order valence-electron chi connectivity index (χ1n) is 49.2. The molecule has 0 amide bonds. The van der Waals surface area contributed by atoms with Crippen molar-refractivity contribution in [3.05, 3.63) is 362 Å². The Morgan fingerprint density at radius 2 is 0.496 bits per heavy atom. The summed E-state index contributed by atoms with van der Waals surface area (Å²) in [5.74, 6) is 0. The number of pyridine rings is 10. The molecule has 10 aromatic heterocycles. The Bertz CT molecular complexity index is 6320. The maximum absolute atomic E-state index is 4.60. The second-order valence-corrected chi connectivity index (χ2v) is 26.4. The number of benzene rings is 11. The van der Waals surface area contributed by atoms with Crippen molar-refractivity contribution in [2.75, 3.05) is 0 Å². The molecule has 700 valence electrons. The first-order valence-corrected chi connectivity index (χ1v) is 49.2. The molecule has 0 bridgehead atoms. The van der Waals surface area contributed by atoms with Crippen LogP contribution in [0.2, 0.25) is 0 Å². The number of hydrogen-bond acceptors (Lipinski definition) is 10. The lowest BCUT2D eigenvalue weighted by atomic mass is 10.0. The molecule has 0 aliphatic carbocycles. The predicted molar refractivity (Wildman–Crippen MR) is 600 cm³/mol. The van der Waals surface area contributed by atoms with E-state index in [2.05, 4.69) is 304 Å². The molecule has 0 spiro atoms. The van der Waals surface area contributed by atoms with Gasteiger partial charge in [0.05, 0.1) is 55.2 Å². The number of aryl methyl sites for hydroxylation is 7. The monoisotopic (exact) mass is 1780 g/mol. The summed E-state index contributed by atoms with van der Waals surface area (Å²) in [7, 11) is 0. The number of nitrogens with zero attached hydrogens (tertiary/aromatic N) is 10. The molecule has 0 aliphatic rings. The molecule has 0 aliphatic heterocycles. The highest BCUT2D eigenvalue weighted by molar-refractivity contribution is 6.10. The lowest BCUT2D eigenvalue weighted by Gasteiger charge is -2.05. The summed E-state index contributed by atoms with van der Waals surface area (Å²) < 4.78 is 0. The Kier molecular flexibility index (Phi) is 60.6. The van der Waals surface area contributed by atoms with Gasteiger partial charge in [0.25, 0.3) is 0 Å². The zero-order chi connectivity index (χ0) is 99.8. The van der Waals surface area contributed by atoms with Gasteiger partial charge in [-0.05, 0) is 177 Å². The molecule has 0 unspecified atom stereocenters. The molecule has 21 aromatic rings. The van der Waals surface area contributed by atoms with Crippen molar-refractivity contribution in [1.82, 2.24) is 49.8 Å². The Morgan fingerprint density at radius 1 is 0.150 bits per heavy atom. The number of fused-ring (bicyclic) bond motifs is 21. The van der Waals surface area contributed by atoms with Crippen LogP contribution >= 0.6 is 0 Å². The first-order chi connectivity index (χ1) is 65.5. The van der Waals surface area contributed by atoms with Crippen molar-refractivity contribution in [1.29, 1.82) is 0 Å². The van der Waals surface area contributed by atoms with E-state index in [9.17, 15) is 0 Å². The SMILES string of the molecule is CC.CC.CC.CC.CC.CC.CC.CC.CC.CC.CC.CC.CC.CC.Cc1cc2ccccc2c2ncccc12.Cc1ccc2c(c1)ncc1cccnc12.Cc1ccc2ccc3ccccc3c2n1.Cc1ccc2ncc3cccnc3c2c1.Cc1cccc2c1ncc1cccnc12.Cc1ccnc2c1ccc1ccccc12.Cc1cnc2c(ccc3ccccc32)c1. The molecule has 133 heavy (non-hydrogen) atoms. The number of rotatable bonds is 0. The zero-order valence-corrected chi connectivity index (χ0v) is 87.6. The fraction of sp³-hybridized carbons (Fsp3) is 0.285. The van der Waals surface area contributed by atoms with Crippen molar-refractivity contribution in [3.8, 4) is 0 Å². The van der Waals surface area contributed by atoms with Crippen molar-refractivity contribution in [2.45, 2.75) is 242 Å². The molecule has 10 heterocycles. The second-order valence-electron chi connectivity index (χ2n) is 26.4. The van der Waals surface area contributed by atoms with Gasteiger partial charge in [0.2, 0.25) is 0 Å². The van der Waals surface area contributed by atoms with E-state index in [0.717, 1.165) is 93.2 Å². The quantitative estimate of drug-likeness (QED) is 0.135. The molecule has 0 saturated carbocycles. The van der Waals surface area contributed by atoms with Crippen molar-refractivity contribution >= 4 is 152 Å². The van der Waals surface area contributed by atoms with Crippen molar-refractivity contribution in [2.24, 2.45) is 0 Å². The van der Waals surface area contributed by atoms with Crippen LogP contribution in [-0.4, -0.2) is 49.8 Å². The van der Waals surface area contributed by atoms with Crippen LogP contribution in [0.3, 0.4) is 0 Å². The molecule has 10 heteroatoms. The van der Waals surface area contributed by atoms with E-state index in [-0.39, 0.29) is 0 Å². The molecule has 0 fully saturated rings. The molecule has 10 nitrogen and oxygen atoms in total. The van der Waals surface area contributed by atoms with Crippen LogP contribution in [0.5, 0.6) is 0 Å². The van der Waals surface area contributed by atoms with Crippen LogP contribution in [0.15, 0.2) is 323 Å². The smallest absolute Gasteiger partial charge is 0.0811 e. The summed E-state index contributed by atoms with van der Waals surface area (Å²) in [5, 5.41) is 21.5. The van der Waals surface area contributed by atoms with Gasteiger partial charge < -0.3 is 0 Å². The minimum atomic E-state index is 1.01. The van der Waals surface area contributed by atoms with Gasteiger partial charge in [-0.2, -0.15) is 0 Å². The van der Waals surface area contributed by atoms with E-state index < -0.39 is 0 Å². The largest absolute Gasteiger partial charge is 0.256 e. The van der Waals surface area contributed by atoms with Gasteiger partial charge in [-0.1, -0.05) is 387 Å². The molecular weight excluding hydrogens is 1620 g/mol. The molecule has 0 N–H and O–H groups in total. The summed E-state index contributed by atoms with van der Waals surface area (Å²) in [4.78, 5) is 44.6. The minimum Gasteiger partial charge on any atom is -0.256 e. The lowest BCUT2D eigenvalue weighted by Crippen LogP contribution is -1.86. The van der Waals surface area contributed by atoms with Crippen LogP contribution in [0.25, 0.3) is 152 Å². The van der Waals surface area contributed by atoms with Crippen molar-refractivity contribution < 1.29 is 0 Å². The van der Waals surface area contributed by atoms with E-state index >= 15 is 0 Å². The summed E-state index contributed by atoms with van der Waals surface area (Å²) >= 11 is 0. The van der Waals surface area contributed by atoms with E-state index in [4.69, 9.17) is 0 Å². The van der Waals surface area contributed by atoms with Crippen LogP contribution < -0.4 is 0 Å². The second kappa shape index (κ2) is 68.6. The third-order valence-electron chi connectivity index (χ3n) is 19.0. The molecule has 0 atom stereocenters. The Hall–Kier alpha value is -13.4. The van der Waals surface area contributed by atoms with E-state index in [0.29, 0.717) is 0 Å². The van der Waals surface area contributed by atoms with Crippen molar-refractivity contribution in [3.63, 3.8) is 0 Å². The Balaban J connectivity index is 0.000000742. The maximum Gasteiger partial charge on any atom is 0.0811 e. The van der Waals surface area contributed by atoms with Gasteiger partial charge >= 0.3 is 0 Å². The van der Waals surface area contributed by atoms with Gasteiger partial charge in [0.1, 0.15) is 0 Å². The molecule has 11 aromatic carbocycles. The average Bonchev–Trinajstić information content (AvgIpc) is 0.844.